The fourth-order valence-electron chi connectivity index (χ4n) is 1.92. The lowest BCUT2D eigenvalue weighted by Crippen LogP contribution is -2.03. The molecule has 100 valence electrons. The predicted molar refractivity (Wildman–Crippen MR) is 68.1 cm³/mol. The van der Waals surface area contributed by atoms with Gasteiger partial charge in [0.05, 0.1) is 19.8 Å². The van der Waals surface area contributed by atoms with Crippen LogP contribution in [0.1, 0.15) is 42.1 Å². The average molecular weight is 254 g/mol. The summed E-state index contributed by atoms with van der Waals surface area (Å²) in [6, 6.07) is 1.68. The van der Waals surface area contributed by atoms with Gasteiger partial charge >= 0.3 is 0 Å². The second-order valence-corrected chi connectivity index (χ2v) is 4.07. The third-order valence-electron chi connectivity index (χ3n) is 2.89. The van der Waals surface area contributed by atoms with Crippen molar-refractivity contribution in [2.45, 2.75) is 32.6 Å². The monoisotopic (exact) mass is 254 g/mol. The molecule has 0 spiro atoms. The van der Waals surface area contributed by atoms with Gasteiger partial charge in [-0.3, -0.25) is 4.79 Å². The Bertz CT molecular complexity index is 416. The van der Waals surface area contributed by atoms with Crippen molar-refractivity contribution in [1.29, 1.82) is 0 Å². The first kappa shape index (κ1) is 14.5. The second-order valence-electron chi connectivity index (χ2n) is 4.07. The van der Waals surface area contributed by atoms with Crippen LogP contribution in [0, 0.1) is 5.82 Å². The lowest BCUT2D eigenvalue weighted by atomic mass is 10.0. The third kappa shape index (κ3) is 3.00. The first-order valence-corrected chi connectivity index (χ1v) is 6.08. The molecule has 0 bridgehead atoms. The van der Waals surface area contributed by atoms with E-state index in [0.29, 0.717) is 12.7 Å². The zero-order valence-corrected chi connectivity index (χ0v) is 11.1. The van der Waals surface area contributed by atoms with E-state index in [9.17, 15) is 9.18 Å². The summed E-state index contributed by atoms with van der Waals surface area (Å²) < 4.78 is 24.2. The number of aryl methyl sites for hydroxylation is 1. The standard InChI is InChI=1S/C14H19FO3/c1-4-5-6-7-10-8-12(17-2)11(9-16)13(15)14(10)18-3/h8-9H,4-7H2,1-3H3. The maximum absolute atomic E-state index is 14.1. The molecule has 0 aliphatic rings. The quantitative estimate of drug-likeness (QED) is 0.552. The maximum Gasteiger partial charge on any atom is 0.179 e. The lowest BCUT2D eigenvalue weighted by Gasteiger charge is -2.13. The van der Waals surface area contributed by atoms with Crippen LogP contribution in [-0.2, 0) is 6.42 Å². The molecule has 0 saturated heterocycles. The van der Waals surface area contributed by atoms with Gasteiger partial charge in [0.2, 0.25) is 0 Å². The fourth-order valence-corrected chi connectivity index (χ4v) is 1.92. The Kier molecular flexibility index (Phi) is 5.62. The Morgan fingerprint density at radius 2 is 2.00 bits per heavy atom. The number of aldehydes is 1. The van der Waals surface area contributed by atoms with E-state index in [1.165, 1.54) is 14.2 Å². The van der Waals surface area contributed by atoms with Crippen molar-refractivity contribution in [2.75, 3.05) is 14.2 Å². The van der Waals surface area contributed by atoms with Gasteiger partial charge in [-0.15, -0.1) is 0 Å². The highest BCUT2D eigenvalue weighted by Crippen LogP contribution is 2.33. The second kappa shape index (κ2) is 6.99. The fraction of sp³-hybridized carbons (Fsp3) is 0.500. The van der Waals surface area contributed by atoms with E-state index in [1.807, 2.05) is 0 Å². The van der Waals surface area contributed by atoms with Gasteiger partial charge in [-0.25, -0.2) is 4.39 Å². The van der Waals surface area contributed by atoms with Crippen LogP contribution in [0.5, 0.6) is 11.5 Å². The van der Waals surface area contributed by atoms with E-state index in [0.717, 1.165) is 24.8 Å². The number of carbonyl (C=O) groups is 1. The highest BCUT2D eigenvalue weighted by Gasteiger charge is 2.18. The SMILES string of the molecule is CCCCCc1cc(OC)c(C=O)c(F)c1OC. The van der Waals surface area contributed by atoms with Crippen LogP contribution in [0.15, 0.2) is 6.07 Å². The number of benzene rings is 1. The summed E-state index contributed by atoms with van der Waals surface area (Å²) in [6.07, 6.45) is 4.28. The molecule has 0 N–H and O–H groups in total. The van der Waals surface area contributed by atoms with E-state index in [1.54, 1.807) is 6.07 Å². The first-order valence-electron chi connectivity index (χ1n) is 6.08. The molecule has 0 radical (unpaired) electrons. The molecule has 0 heterocycles. The summed E-state index contributed by atoms with van der Waals surface area (Å²) in [6.45, 7) is 2.11. The van der Waals surface area contributed by atoms with Gasteiger partial charge in [0.25, 0.3) is 0 Å². The minimum Gasteiger partial charge on any atom is -0.496 e. The number of hydrogen-bond donors (Lipinski definition) is 0. The summed E-state index contributed by atoms with van der Waals surface area (Å²) in [5.41, 5.74) is 0.652. The van der Waals surface area contributed by atoms with Crippen LogP contribution in [0.2, 0.25) is 0 Å². The summed E-state index contributed by atoms with van der Waals surface area (Å²) in [4.78, 5) is 10.9. The van der Waals surface area contributed by atoms with Crippen LogP contribution in [0.25, 0.3) is 0 Å². The van der Waals surface area contributed by atoms with Crippen LogP contribution in [-0.4, -0.2) is 20.5 Å². The number of hydrogen-bond acceptors (Lipinski definition) is 3. The molecule has 1 aromatic carbocycles. The van der Waals surface area contributed by atoms with Crippen LogP contribution >= 0.6 is 0 Å². The molecule has 0 amide bonds. The summed E-state index contributed by atoms with van der Waals surface area (Å²) in [5, 5.41) is 0. The lowest BCUT2D eigenvalue weighted by molar-refractivity contribution is 0.111. The molecule has 0 aromatic heterocycles. The molecule has 1 rings (SSSR count). The highest BCUT2D eigenvalue weighted by atomic mass is 19.1. The van der Waals surface area contributed by atoms with Gasteiger partial charge in [-0.1, -0.05) is 19.8 Å². The maximum atomic E-state index is 14.1. The summed E-state index contributed by atoms with van der Waals surface area (Å²) in [7, 11) is 2.83. The van der Waals surface area contributed by atoms with Crippen LogP contribution < -0.4 is 9.47 Å². The number of ether oxygens (including phenoxy) is 2. The summed E-state index contributed by atoms with van der Waals surface area (Å²) >= 11 is 0. The van der Waals surface area contributed by atoms with E-state index in [-0.39, 0.29) is 17.1 Å². The number of rotatable bonds is 7. The smallest absolute Gasteiger partial charge is 0.179 e. The molecule has 1 aromatic rings. The van der Waals surface area contributed by atoms with E-state index in [4.69, 9.17) is 9.47 Å². The Morgan fingerprint density at radius 1 is 1.28 bits per heavy atom. The molecule has 0 unspecified atom stereocenters. The van der Waals surface area contributed by atoms with E-state index >= 15 is 0 Å². The third-order valence-corrected chi connectivity index (χ3v) is 2.89. The molecular weight excluding hydrogens is 235 g/mol. The molecule has 0 saturated carbocycles. The van der Waals surface area contributed by atoms with Gasteiger partial charge in [0.15, 0.2) is 17.9 Å². The topological polar surface area (TPSA) is 35.5 Å². The minimum atomic E-state index is -0.640. The van der Waals surface area contributed by atoms with Crippen molar-refractivity contribution >= 4 is 6.29 Å². The molecule has 0 aliphatic heterocycles. The molecular formula is C14H19FO3. The van der Waals surface area contributed by atoms with Crippen molar-refractivity contribution in [2.24, 2.45) is 0 Å². The first-order chi connectivity index (χ1) is 8.69. The van der Waals surface area contributed by atoms with Crippen molar-refractivity contribution < 1.29 is 18.7 Å². The van der Waals surface area contributed by atoms with Crippen molar-refractivity contribution in [3.8, 4) is 11.5 Å². The molecule has 0 aliphatic carbocycles. The van der Waals surface area contributed by atoms with Gasteiger partial charge in [0.1, 0.15) is 5.75 Å². The molecule has 4 heteroatoms. The van der Waals surface area contributed by atoms with Crippen molar-refractivity contribution in [3.63, 3.8) is 0 Å². The zero-order valence-electron chi connectivity index (χ0n) is 11.1. The van der Waals surface area contributed by atoms with Gasteiger partial charge in [0, 0.05) is 5.56 Å². The zero-order chi connectivity index (χ0) is 13.5. The Hall–Kier alpha value is -1.58. The Balaban J connectivity index is 3.15. The molecule has 0 fully saturated rings. The average Bonchev–Trinajstić information content (AvgIpc) is 2.38. The van der Waals surface area contributed by atoms with Gasteiger partial charge in [-0.2, -0.15) is 0 Å². The Labute approximate surface area is 107 Å². The normalized spacial score (nSPS) is 10.2. The largest absolute Gasteiger partial charge is 0.496 e. The summed E-state index contributed by atoms with van der Waals surface area (Å²) in [5.74, 6) is -0.234. The number of carbonyl (C=O) groups excluding carboxylic acids is 1. The minimum absolute atomic E-state index is 0.0893. The van der Waals surface area contributed by atoms with Crippen LogP contribution in [0.3, 0.4) is 0 Å². The molecule has 0 atom stereocenters. The van der Waals surface area contributed by atoms with Crippen LogP contribution in [0.4, 0.5) is 4.39 Å². The highest BCUT2D eigenvalue weighted by molar-refractivity contribution is 5.81. The molecule has 3 nitrogen and oxygen atoms in total. The number of unbranched alkanes of at least 4 members (excludes halogenated alkanes) is 2. The number of methoxy groups -OCH3 is 2. The van der Waals surface area contributed by atoms with E-state index < -0.39 is 5.82 Å². The molecule has 18 heavy (non-hydrogen) atoms. The van der Waals surface area contributed by atoms with Crippen molar-refractivity contribution in [1.82, 2.24) is 0 Å². The van der Waals surface area contributed by atoms with Gasteiger partial charge < -0.3 is 9.47 Å². The van der Waals surface area contributed by atoms with Crippen molar-refractivity contribution in [3.05, 3.63) is 23.0 Å². The van der Waals surface area contributed by atoms with Gasteiger partial charge in [-0.05, 0) is 18.9 Å². The predicted octanol–water partition coefficient (Wildman–Crippen LogP) is 3.39. The Morgan fingerprint density at radius 3 is 2.50 bits per heavy atom. The number of halogens is 1. The van der Waals surface area contributed by atoms with E-state index in [2.05, 4.69) is 6.92 Å².